The minimum absolute atomic E-state index is 0. The Balaban J connectivity index is 0.000000286. The summed E-state index contributed by atoms with van der Waals surface area (Å²) in [7, 11) is -1.34. The van der Waals surface area contributed by atoms with Crippen LogP contribution in [0.4, 0.5) is 4.39 Å². The number of hydrogen-bond acceptors (Lipinski definition) is 5. The van der Waals surface area contributed by atoms with Gasteiger partial charge in [0.1, 0.15) is 0 Å². The van der Waals surface area contributed by atoms with Crippen molar-refractivity contribution in [3.63, 3.8) is 0 Å². The van der Waals surface area contributed by atoms with Gasteiger partial charge in [0, 0.05) is 75.6 Å². The van der Waals surface area contributed by atoms with E-state index in [1.54, 1.807) is 18.2 Å². The molecule has 1 aliphatic rings. The molecule has 5 aromatic carbocycles. The number of hydrogen-bond donors (Lipinski definition) is 0. The van der Waals surface area contributed by atoms with Gasteiger partial charge in [-0.3, -0.25) is 14.4 Å². The van der Waals surface area contributed by atoms with Gasteiger partial charge in [-0.05, 0) is 95.6 Å². The van der Waals surface area contributed by atoms with Gasteiger partial charge in [-0.15, -0.1) is 42.5 Å². The van der Waals surface area contributed by atoms with Crippen molar-refractivity contribution >= 4 is 57.3 Å². The van der Waals surface area contributed by atoms with Gasteiger partial charge in [0.2, 0.25) is 5.71 Å². The molecule has 10 aromatic rings. The van der Waals surface area contributed by atoms with E-state index in [9.17, 15) is 4.39 Å². The quantitative estimate of drug-likeness (QED) is 0.123. The Labute approximate surface area is 411 Å². The molecule has 1 fully saturated rings. The number of pyridine rings is 3. The fraction of sp³-hybridized carbons (Fsp3) is 0.241. The molecule has 6 nitrogen and oxygen atoms in total. The largest absolute Gasteiger partial charge is 0.486 e. The maximum atomic E-state index is 13.5. The van der Waals surface area contributed by atoms with Crippen molar-refractivity contribution in [2.45, 2.75) is 90.7 Å². The van der Waals surface area contributed by atoms with Crippen LogP contribution in [0.15, 0.2) is 138 Å². The van der Waals surface area contributed by atoms with Crippen molar-refractivity contribution in [3.05, 3.63) is 168 Å². The minimum atomic E-state index is -2.32. The Morgan fingerprint density at radius 3 is 2.25 bits per heavy atom. The van der Waals surface area contributed by atoms with Crippen LogP contribution in [-0.4, -0.2) is 32.6 Å². The number of furan rings is 1. The summed E-state index contributed by atoms with van der Waals surface area (Å²) in [6, 6.07) is 47.7. The molecular weight excluding hydrogens is 1020 g/mol. The Morgan fingerprint density at radius 1 is 0.746 bits per heavy atom. The number of rotatable bonds is 6. The molecule has 9 heteroatoms. The summed E-state index contributed by atoms with van der Waals surface area (Å²) in [6.07, 6.45) is 7.96. The van der Waals surface area contributed by atoms with E-state index >= 15 is 0 Å². The second-order valence-electron chi connectivity index (χ2n) is 19.5. The monoisotopic (exact) mass is 1080 g/mol. The molecule has 0 amide bonds. The van der Waals surface area contributed by atoms with E-state index in [2.05, 4.69) is 128 Å². The Hall–Kier alpha value is -6.12. The smallest absolute Gasteiger partial charge is 0.216 e. The van der Waals surface area contributed by atoms with Crippen LogP contribution in [0.5, 0.6) is 0 Å². The van der Waals surface area contributed by atoms with Gasteiger partial charge < -0.3 is 14.0 Å². The first-order valence-corrected chi connectivity index (χ1v) is 26.4. The average molecular weight is 1080 g/mol. The van der Waals surface area contributed by atoms with Gasteiger partial charge >= 0.3 is 0 Å². The number of halogens is 1. The Morgan fingerprint density at radius 2 is 1.52 bits per heavy atom. The number of aryl methyl sites for hydroxylation is 1. The maximum Gasteiger partial charge on any atom is 0.216 e. The van der Waals surface area contributed by atoms with Gasteiger partial charge in [0.05, 0.1) is 36.0 Å². The summed E-state index contributed by atoms with van der Waals surface area (Å²) >= 11 is 0. The molecule has 0 bridgehead atoms. The number of aromatic nitrogens is 5. The summed E-state index contributed by atoms with van der Waals surface area (Å²) in [5.41, 5.74) is 10.6. The molecule has 67 heavy (non-hydrogen) atoms. The van der Waals surface area contributed by atoms with Gasteiger partial charge in [0.15, 0.2) is 0 Å². The van der Waals surface area contributed by atoms with E-state index in [0.29, 0.717) is 39.8 Å². The molecule has 0 spiro atoms. The van der Waals surface area contributed by atoms with Crippen molar-refractivity contribution in [2.24, 2.45) is 0 Å². The van der Waals surface area contributed by atoms with Crippen LogP contribution >= 0.6 is 0 Å². The van der Waals surface area contributed by atoms with Crippen LogP contribution in [0.2, 0.25) is 19.6 Å². The predicted octanol–water partition coefficient (Wildman–Crippen LogP) is 14.9. The van der Waals surface area contributed by atoms with Crippen LogP contribution in [0.25, 0.3) is 83.5 Å². The Kier molecular flexibility index (Phi) is 11.7. The van der Waals surface area contributed by atoms with Gasteiger partial charge in [-0.1, -0.05) is 125 Å². The first kappa shape index (κ1) is 42.2. The first-order valence-electron chi connectivity index (χ1n) is 24.4. The van der Waals surface area contributed by atoms with Crippen molar-refractivity contribution in [1.29, 1.82) is 0 Å². The number of benzene rings is 5. The molecule has 0 N–H and O–H groups in total. The normalized spacial score (nSPS) is 14.3. The third-order valence-electron chi connectivity index (χ3n) is 12.9. The van der Waals surface area contributed by atoms with Crippen LogP contribution in [0.1, 0.15) is 79.9 Å². The molecular formula is C58H54FIrN5OSi-2. The van der Waals surface area contributed by atoms with Crippen LogP contribution in [0.3, 0.4) is 0 Å². The average Bonchev–Trinajstić information content (AvgIpc) is 3.93. The molecule has 1 aliphatic carbocycles. The fourth-order valence-corrected chi connectivity index (χ4v) is 10.3. The van der Waals surface area contributed by atoms with Crippen molar-refractivity contribution in [1.82, 2.24) is 24.5 Å². The van der Waals surface area contributed by atoms with Crippen LogP contribution in [-0.2, 0) is 25.5 Å². The van der Waals surface area contributed by atoms with Gasteiger partial charge in [-0.25, -0.2) is 4.98 Å². The van der Waals surface area contributed by atoms with E-state index < -0.39 is 14.9 Å². The molecule has 0 saturated heterocycles. The van der Waals surface area contributed by atoms with Crippen molar-refractivity contribution in [3.8, 4) is 39.5 Å². The maximum absolute atomic E-state index is 13.5. The van der Waals surface area contributed by atoms with E-state index in [1.807, 2.05) is 48.7 Å². The second kappa shape index (κ2) is 18.5. The number of fused-ring (bicyclic) bond motifs is 6. The molecule has 0 unspecified atom stereocenters. The first-order chi connectivity index (χ1) is 33.0. The summed E-state index contributed by atoms with van der Waals surface area (Å²) in [5.74, 6) is 0.850. The number of nitrogens with zero attached hydrogens (tertiary/aromatic N) is 5. The van der Waals surface area contributed by atoms with Crippen LogP contribution < -0.4 is 5.19 Å². The molecule has 11 rings (SSSR count). The van der Waals surface area contributed by atoms with Crippen LogP contribution in [0, 0.1) is 24.8 Å². The molecule has 1 saturated carbocycles. The molecule has 339 valence electrons. The standard InChI is InChI=1S/C44H39N4O.C14H15FNSi.Ir/c1-27-18-20-33-37(45-27)23-24-38-40(33)48(39-25-19-30(44(2,3)4)26-35(39)28-12-7-5-8-13-28)42(46-38)34-17-11-16-31-32-21-22-36(29-14-9-6-10-15-29)47-43(32)49-41(31)34;1-17(2,3)11-8-9-14(16-10-11)12-6-4-5-7-13(12)15;/h5,7-8,11-13,16,18-26,29H,6,9-10,14-15H2,1-4H3;4-5,7-10H,1-3H3;/q2*-1;/i1D3;;. The Bertz CT molecular complexity index is 3520. The summed E-state index contributed by atoms with van der Waals surface area (Å²) in [5, 5.41) is 4.01. The van der Waals surface area contributed by atoms with E-state index in [1.165, 1.54) is 36.1 Å². The fourth-order valence-electron chi connectivity index (χ4n) is 9.25. The van der Waals surface area contributed by atoms with E-state index in [-0.39, 0.29) is 37.0 Å². The van der Waals surface area contributed by atoms with Gasteiger partial charge in [-0.2, -0.15) is 0 Å². The van der Waals surface area contributed by atoms with Crippen molar-refractivity contribution < 1.29 is 33.0 Å². The molecule has 5 heterocycles. The zero-order valence-electron chi connectivity index (χ0n) is 41.7. The molecule has 0 atom stereocenters. The summed E-state index contributed by atoms with van der Waals surface area (Å²) in [6.45, 7) is 11.1. The molecule has 0 aliphatic heterocycles. The summed E-state index contributed by atoms with van der Waals surface area (Å²) < 4.78 is 46.5. The van der Waals surface area contributed by atoms with Gasteiger partial charge in [0.25, 0.3) is 0 Å². The van der Waals surface area contributed by atoms with E-state index in [4.69, 9.17) is 18.5 Å². The zero-order chi connectivity index (χ0) is 48.2. The third kappa shape index (κ3) is 9.05. The zero-order valence-corrected chi connectivity index (χ0v) is 42.1. The third-order valence-corrected chi connectivity index (χ3v) is 15.0. The second-order valence-corrected chi connectivity index (χ2v) is 24.6. The molecule has 5 aromatic heterocycles. The molecule has 1 radical (unpaired) electrons. The SMILES string of the molecule is C[Si](C)(C)c1ccc(-c2[c-]cccc2F)nc1.[2H]C([2H])([2H])c1ccc2c(ccc3nc(-c4[c-]ccc5c4oc4nc(C6CCCCC6)ccc45)n(-c4ccc(C(C)(C)C)cc4-c4ccccc4)c32)n1.[Ir]. The minimum Gasteiger partial charge on any atom is -0.486 e. The number of imidazole rings is 1. The van der Waals surface area contributed by atoms with Crippen molar-refractivity contribution in [2.75, 3.05) is 0 Å². The predicted molar refractivity (Wildman–Crippen MR) is 272 cm³/mol. The topological polar surface area (TPSA) is 69.6 Å². The van der Waals surface area contributed by atoms with E-state index in [0.717, 1.165) is 68.1 Å². The summed E-state index contributed by atoms with van der Waals surface area (Å²) in [4.78, 5) is 19.4.